The fraction of sp³-hybridized carbons (Fsp3) is 0.407. The van der Waals surface area contributed by atoms with Gasteiger partial charge in [0.1, 0.15) is 23.6 Å². The third-order valence-electron chi connectivity index (χ3n) is 11.9. The second-order valence-corrected chi connectivity index (χ2v) is 17.7. The summed E-state index contributed by atoms with van der Waals surface area (Å²) < 4.78 is 12.2. The molecule has 0 fully saturated rings. The highest BCUT2D eigenvalue weighted by Gasteiger charge is 2.33. The predicted octanol–water partition coefficient (Wildman–Crippen LogP) is 9.26. The van der Waals surface area contributed by atoms with Crippen molar-refractivity contribution in [3.05, 3.63) is 156 Å². The summed E-state index contributed by atoms with van der Waals surface area (Å²) in [6.45, 7) is 12.4. The minimum Gasteiger partial charge on any atom is -0.490 e. The monoisotopic (exact) mass is 869 g/mol. The van der Waals surface area contributed by atoms with Crippen molar-refractivity contribution in [2.45, 2.75) is 116 Å². The number of likely N-dealkylation sites (N-methyl/N-ethyl adjacent to an activating group) is 2. The van der Waals surface area contributed by atoms with E-state index in [1.165, 1.54) is 0 Å². The van der Waals surface area contributed by atoms with Gasteiger partial charge in [-0.3, -0.25) is 19.2 Å². The van der Waals surface area contributed by atoms with Gasteiger partial charge in [-0.2, -0.15) is 0 Å². The number of carbonyl (C=O) groups excluding carboxylic acids is 4. The van der Waals surface area contributed by atoms with Crippen LogP contribution in [0.3, 0.4) is 0 Å². The Balaban J connectivity index is 0.000000241. The molecule has 0 aliphatic carbocycles. The molecular weight excluding hydrogens is 801 g/mol. The van der Waals surface area contributed by atoms with Crippen LogP contribution in [0, 0.1) is 11.8 Å². The van der Waals surface area contributed by atoms with Gasteiger partial charge in [-0.25, -0.2) is 0 Å². The van der Waals surface area contributed by atoms with Crippen LogP contribution in [-0.2, 0) is 22.4 Å². The van der Waals surface area contributed by atoms with E-state index in [4.69, 9.17) is 9.47 Å². The Kier molecular flexibility index (Phi) is 18.4. The lowest BCUT2D eigenvalue weighted by Crippen LogP contribution is -2.52. The van der Waals surface area contributed by atoms with Crippen molar-refractivity contribution in [1.29, 1.82) is 0 Å². The van der Waals surface area contributed by atoms with Crippen LogP contribution in [0.5, 0.6) is 11.5 Å². The molecule has 2 N–H and O–H groups in total. The number of ether oxygens (including phenoxy) is 2. The summed E-state index contributed by atoms with van der Waals surface area (Å²) in [6.07, 6.45) is 12.1. The summed E-state index contributed by atoms with van der Waals surface area (Å²) in [5.74, 6) is 0.896. The first-order valence-corrected chi connectivity index (χ1v) is 22.8. The maximum absolute atomic E-state index is 13.5. The summed E-state index contributed by atoms with van der Waals surface area (Å²) >= 11 is 0. The minimum atomic E-state index is -0.636. The average Bonchev–Trinajstić information content (AvgIpc) is 3.29. The summed E-state index contributed by atoms with van der Waals surface area (Å²) in [7, 11) is 3.40. The van der Waals surface area contributed by atoms with Gasteiger partial charge in [0.25, 0.3) is 11.8 Å². The third-order valence-corrected chi connectivity index (χ3v) is 11.9. The number of amides is 4. The van der Waals surface area contributed by atoms with Crippen molar-refractivity contribution in [1.82, 2.24) is 20.4 Å². The molecule has 0 bridgehead atoms. The van der Waals surface area contributed by atoms with Crippen molar-refractivity contribution >= 4 is 23.6 Å². The van der Waals surface area contributed by atoms with E-state index in [1.807, 2.05) is 111 Å². The van der Waals surface area contributed by atoms with Crippen LogP contribution in [0.25, 0.3) is 0 Å². The number of hydrogen-bond donors (Lipinski definition) is 2. The Labute approximate surface area is 381 Å². The lowest BCUT2D eigenvalue weighted by atomic mass is 9.98. The average molecular weight is 869 g/mol. The number of nitrogens with zero attached hydrogens (tertiary/aromatic N) is 2. The Morgan fingerprint density at radius 3 is 1.19 bits per heavy atom. The molecular formula is C54H68N4O6. The molecule has 0 radical (unpaired) electrons. The topological polar surface area (TPSA) is 117 Å². The second-order valence-electron chi connectivity index (χ2n) is 17.7. The molecule has 0 spiro atoms. The van der Waals surface area contributed by atoms with E-state index in [-0.39, 0.29) is 59.8 Å². The molecule has 0 saturated carbocycles. The lowest BCUT2D eigenvalue weighted by molar-refractivity contribution is -0.127. The zero-order valence-corrected chi connectivity index (χ0v) is 38.9. The minimum absolute atomic E-state index is 0.00743. The molecule has 4 aromatic rings. The number of nitrogens with one attached hydrogen (secondary N) is 2. The van der Waals surface area contributed by atoms with Gasteiger partial charge in [0, 0.05) is 51.9 Å². The van der Waals surface area contributed by atoms with Gasteiger partial charge < -0.3 is 29.9 Å². The first-order valence-electron chi connectivity index (χ1n) is 22.8. The molecule has 4 aromatic carbocycles. The van der Waals surface area contributed by atoms with E-state index in [0.29, 0.717) is 35.5 Å². The molecule has 10 heteroatoms. The molecule has 2 heterocycles. The van der Waals surface area contributed by atoms with Gasteiger partial charge >= 0.3 is 0 Å². The number of fused-ring (bicyclic) bond motifs is 2. The number of benzene rings is 4. The van der Waals surface area contributed by atoms with E-state index in [9.17, 15) is 19.2 Å². The number of para-hydroxylation sites is 2. The Morgan fingerprint density at radius 1 is 0.500 bits per heavy atom. The Hall–Kier alpha value is -6.16. The predicted molar refractivity (Wildman–Crippen MR) is 255 cm³/mol. The lowest BCUT2D eigenvalue weighted by Gasteiger charge is -2.31. The molecule has 340 valence electrons. The summed E-state index contributed by atoms with van der Waals surface area (Å²) in [4.78, 5) is 57.1. The Bertz CT molecular complexity index is 2030. The van der Waals surface area contributed by atoms with Crippen LogP contribution in [0.1, 0.15) is 99.1 Å². The molecule has 0 saturated heterocycles. The molecule has 4 amide bonds. The first kappa shape index (κ1) is 48.9. The molecule has 0 unspecified atom stereocenters. The highest BCUT2D eigenvalue weighted by molar-refractivity contribution is 6.00. The van der Waals surface area contributed by atoms with E-state index in [0.717, 1.165) is 36.8 Å². The second kappa shape index (κ2) is 24.1. The van der Waals surface area contributed by atoms with Crippen LogP contribution >= 0.6 is 0 Å². The standard InChI is InChI=1S/2C27H34N2O3/c2*1-19(2)23-16-10-8-12-20(3)32-25-17-11-9-15-22(25)27(31)29(4)24(26(30)28-23)18-21-13-6-5-7-14-21/h2*5-11,13-15,17,19-20,23-24H,12,16,18H2,1-4H3,(H,28,30)/b10-8+;10-8-/t2*20-,23-,24-/m11/s1. The van der Waals surface area contributed by atoms with E-state index < -0.39 is 12.1 Å². The van der Waals surface area contributed by atoms with Crippen molar-refractivity contribution in [3.63, 3.8) is 0 Å². The van der Waals surface area contributed by atoms with Crippen molar-refractivity contribution in [2.24, 2.45) is 11.8 Å². The molecule has 2 aliphatic rings. The molecule has 6 rings (SSSR count). The van der Waals surface area contributed by atoms with Gasteiger partial charge in [-0.05, 0) is 73.9 Å². The molecule has 64 heavy (non-hydrogen) atoms. The van der Waals surface area contributed by atoms with Gasteiger partial charge in [-0.15, -0.1) is 0 Å². The summed E-state index contributed by atoms with van der Waals surface area (Å²) in [5, 5.41) is 6.42. The summed E-state index contributed by atoms with van der Waals surface area (Å²) in [6, 6.07) is 32.9. The number of hydrogen-bond acceptors (Lipinski definition) is 6. The first-order chi connectivity index (χ1) is 30.7. The largest absolute Gasteiger partial charge is 0.490 e. The molecule has 6 atom stereocenters. The van der Waals surface area contributed by atoms with Crippen molar-refractivity contribution in [2.75, 3.05) is 14.1 Å². The highest BCUT2D eigenvalue weighted by atomic mass is 16.5. The van der Waals surface area contributed by atoms with Crippen molar-refractivity contribution in [3.8, 4) is 11.5 Å². The normalized spacial score (nSPS) is 23.7. The number of carbonyl (C=O) groups is 4. The zero-order chi connectivity index (χ0) is 46.2. The highest BCUT2D eigenvalue weighted by Crippen LogP contribution is 2.26. The molecule has 2 aliphatic heterocycles. The van der Waals surface area contributed by atoms with Crippen LogP contribution < -0.4 is 20.1 Å². The van der Waals surface area contributed by atoms with E-state index in [1.54, 1.807) is 36.0 Å². The maximum atomic E-state index is 13.5. The Morgan fingerprint density at radius 2 is 0.828 bits per heavy atom. The van der Waals surface area contributed by atoms with Crippen LogP contribution in [0.4, 0.5) is 0 Å². The van der Waals surface area contributed by atoms with Gasteiger partial charge in [-0.1, -0.05) is 137 Å². The quantitative estimate of drug-likeness (QED) is 0.187. The van der Waals surface area contributed by atoms with Gasteiger partial charge in [0.05, 0.1) is 23.3 Å². The van der Waals surface area contributed by atoms with Gasteiger partial charge in [0.15, 0.2) is 0 Å². The maximum Gasteiger partial charge on any atom is 0.258 e. The fourth-order valence-corrected chi connectivity index (χ4v) is 7.79. The van der Waals surface area contributed by atoms with Crippen LogP contribution in [0.2, 0.25) is 0 Å². The third kappa shape index (κ3) is 13.9. The van der Waals surface area contributed by atoms with Crippen LogP contribution in [0.15, 0.2) is 133 Å². The van der Waals surface area contributed by atoms with E-state index in [2.05, 4.69) is 62.6 Å². The fourth-order valence-electron chi connectivity index (χ4n) is 7.79. The molecule has 0 aromatic heterocycles. The molecule has 10 nitrogen and oxygen atoms in total. The number of rotatable bonds is 6. The van der Waals surface area contributed by atoms with Crippen molar-refractivity contribution < 1.29 is 28.7 Å². The SMILES string of the molecule is CC(C)[C@H]1C/C=C/C[C@@H](C)Oc2ccccc2C(=O)N(C)[C@H](Cc2ccccc2)C(=O)N1.CC(C)[C@H]1C/C=C\C[C@@H](C)Oc2ccccc2C(=O)N(C)[C@H](Cc2ccccc2)C(=O)N1. The van der Waals surface area contributed by atoms with E-state index >= 15 is 0 Å². The van der Waals surface area contributed by atoms with Crippen LogP contribution in [-0.4, -0.2) is 83.9 Å². The van der Waals surface area contributed by atoms with Gasteiger partial charge in [0.2, 0.25) is 11.8 Å². The summed E-state index contributed by atoms with van der Waals surface area (Å²) in [5.41, 5.74) is 2.95. The smallest absolute Gasteiger partial charge is 0.258 e. The zero-order valence-electron chi connectivity index (χ0n) is 38.9.